The predicted molar refractivity (Wildman–Crippen MR) is 144 cm³/mol. The van der Waals surface area contributed by atoms with Gasteiger partial charge in [-0.3, -0.25) is 4.79 Å². The van der Waals surface area contributed by atoms with Crippen molar-refractivity contribution in [2.45, 2.75) is 38.1 Å². The lowest BCUT2D eigenvalue weighted by Gasteiger charge is -2.30. The minimum absolute atomic E-state index is 0.0438. The number of imidazole rings is 1. The van der Waals surface area contributed by atoms with E-state index in [0.717, 1.165) is 64.7 Å². The van der Waals surface area contributed by atoms with E-state index in [0.29, 0.717) is 23.5 Å². The fraction of sp³-hybridized carbons (Fsp3) is 0.226. The van der Waals surface area contributed by atoms with Crippen LogP contribution in [0, 0.1) is 29.6 Å². The van der Waals surface area contributed by atoms with E-state index in [-0.39, 0.29) is 11.8 Å². The third-order valence-corrected chi connectivity index (χ3v) is 7.51. The molecule has 0 amide bonds. The second kappa shape index (κ2) is 9.41. The van der Waals surface area contributed by atoms with Crippen LogP contribution < -0.4 is 0 Å². The maximum absolute atomic E-state index is 13.0. The summed E-state index contributed by atoms with van der Waals surface area (Å²) in [6.07, 6.45) is 13.9. The Morgan fingerprint density at radius 2 is 1.73 bits per heavy atom. The zero-order valence-corrected chi connectivity index (χ0v) is 20.3. The Hall–Kier alpha value is -4.68. The molecule has 0 saturated heterocycles. The minimum atomic E-state index is -0.0438. The average Bonchev–Trinajstić information content (AvgIpc) is 3.58. The molecule has 1 aliphatic rings. The largest absolute Gasteiger partial charge is 0.346 e. The number of fused-ring (bicyclic) bond motifs is 3. The van der Waals surface area contributed by atoms with E-state index < -0.39 is 0 Å². The van der Waals surface area contributed by atoms with Gasteiger partial charge in [-0.05, 0) is 61.9 Å². The van der Waals surface area contributed by atoms with Crippen LogP contribution >= 0.6 is 0 Å². The Balaban J connectivity index is 1.40. The molecular formula is C31H25N5O. The standard InChI is InChI=1S/C31H25N5O/c1-2-20-3-7-22(8-4-20)29(37)23-9-11-24(12-10-23)31-35-27-19-34-30-26(16-18-33-30)28(27)36(31)25-13-5-21(6-14-25)15-17-32/h1,3-4,7-12,16,18-19,21,25H,5-6,13-15H2,(H,33,34). The zero-order valence-electron chi connectivity index (χ0n) is 20.3. The van der Waals surface area contributed by atoms with Crippen molar-refractivity contribution in [2.24, 2.45) is 5.92 Å². The van der Waals surface area contributed by atoms with Crippen LogP contribution in [0.1, 0.15) is 59.6 Å². The second-order valence-electron chi connectivity index (χ2n) is 9.70. The van der Waals surface area contributed by atoms with Gasteiger partial charge in [0.15, 0.2) is 5.78 Å². The van der Waals surface area contributed by atoms with Gasteiger partial charge in [-0.15, -0.1) is 6.42 Å². The molecule has 6 rings (SSSR count). The lowest BCUT2D eigenvalue weighted by atomic mass is 9.84. The molecule has 37 heavy (non-hydrogen) atoms. The number of rotatable bonds is 5. The number of aromatic amines is 1. The predicted octanol–water partition coefficient (Wildman–Crippen LogP) is 6.44. The lowest BCUT2D eigenvalue weighted by molar-refractivity contribution is 0.103. The van der Waals surface area contributed by atoms with Crippen molar-refractivity contribution in [1.29, 1.82) is 5.26 Å². The third kappa shape index (κ3) is 4.07. The number of benzene rings is 2. The van der Waals surface area contributed by atoms with Crippen LogP contribution in [0.3, 0.4) is 0 Å². The van der Waals surface area contributed by atoms with Crippen LogP contribution in [-0.2, 0) is 0 Å². The molecule has 6 heteroatoms. The molecule has 1 aliphatic carbocycles. The fourth-order valence-corrected chi connectivity index (χ4v) is 5.54. The summed E-state index contributed by atoms with van der Waals surface area (Å²) in [5.74, 6) is 3.88. The number of carbonyl (C=O) groups is 1. The van der Waals surface area contributed by atoms with E-state index in [9.17, 15) is 4.79 Å². The van der Waals surface area contributed by atoms with Crippen LogP contribution in [0.2, 0.25) is 0 Å². The number of H-pyrrole nitrogens is 1. The topological polar surface area (TPSA) is 87.4 Å². The monoisotopic (exact) mass is 483 g/mol. The highest BCUT2D eigenvalue weighted by Gasteiger charge is 2.27. The van der Waals surface area contributed by atoms with E-state index in [1.54, 1.807) is 24.3 Å². The van der Waals surface area contributed by atoms with Crippen molar-refractivity contribution >= 4 is 27.9 Å². The number of nitrogens with one attached hydrogen (secondary N) is 1. The van der Waals surface area contributed by atoms with E-state index in [1.165, 1.54) is 0 Å². The normalized spacial score (nSPS) is 17.5. The van der Waals surface area contributed by atoms with Crippen molar-refractivity contribution in [3.63, 3.8) is 0 Å². The quantitative estimate of drug-likeness (QED) is 0.230. The van der Waals surface area contributed by atoms with Gasteiger partial charge in [0.2, 0.25) is 0 Å². The van der Waals surface area contributed by atoms with Gasteiger partial charge in [0.25, 0.3) is 0 Å². The number of nitriles is 1. The van der Waals surface area contributed by atoms with Crippen LogP contribution in [0.25, 0.3) is 33.5 Å². The Kier molecular flexibility index (Phi) is 5.79. The van der Waals surface area contributed by atoms with Crippen molar-refractivity contribution in [3.8, 4) is 29.8 Å². The van der Waals surface area contributed by atoms with Gasteiger partial charge < -0.3 is 9.55 Å². The number of hydrogen-bond acceptors (Lipinski definition) is 4. The fourth-order valence-electron chi connectivity index (χ4n) is 5.54. The molecule has 1 N–H and O–H groups in total. The maximum Gasteiger partial charge on any atom is 0.193 e. The van der Waals surface area contributed by atoms with Gasteiger partial charge in [-0.1, -0.05) is 30.2 Å². The third-order valence-electron chi connectivity index (χ3n) is 7.51. The van der Waals surface area contributed by atoms with Crippen molar-refractivity contribution in [1.82, 2.24) is 19.5 Å². The average molecular weight is 484 g/mol. The van der Waals surface area contributed by atoms with E-state index >= 15 is 0 Å². The van der Waals surface area contributed by atoms with Crippen LogP contribution in [0.4, 0.5) is 0 Å². The highest BCUT2D eigenvalue weighted by Crippen LogP contribution is 2.40. The van der Waals surface area contributed by atoms with Crippen LogP contribution in [0.5, 0.6) is 0 Å². The summed E-state index contributed by atoms with van der Waals surface area (Å²) in [5.41, 5.74) is 5.71. The van der Waals surface area contributed by atoms with E-state index in [2.05, 4.69) is 32.6 Å². The van der Waals surface area contributed by atoms with Gasteiger partial charge in [0.1, 0.15) is 17.0 Å². The zero-order chi connectivity index (χ0) is 25.4. The summed E-state index contributed by atoms with van der Waals surface area (Å²) in [4.78, 5) is 25.8. The summed E-state index contributed by atoms with van der Waals surface area (Å²) in [7, 11) is 0. The molecule has 6 nitrogen and oxygen atoms in total. The highest BCUT2D eigenvalue weighted by molar-refractivity contribution is 6.09. The number of aromatic nitrogens is 4. The summed E-state index contributed by atoms with van der Waals surface area (Å²) in [6.45, 7) is 0. The summed E-state index contributed by atoms with van der Waals surface area (Å²) >= 11 is 0. The summed E-state index contributed by atoms with van der Waals surface area (Å²) in [5, 5.41) is 10.2. The van der Waals surface area contributed by atoms with Gasteiger partial charge in [-0.25, -0.2) is 9.97 Å². The maximum atomic E-state index is 13.0. The van der Waals surface area contributed by atoms with Crippen LogP contribution in [-0.4, -0.2) is 25.3 Å². The number of ketones is 1. The first-order valence-corrected chi connectivity index (χ1v) is 12.6. The Labute approximate surface area is 215 Å². The number of nitrogens with zero attached hydrogens (tertiary/aromatic N) is 4. The molecule has 3 heterocycles. The molecule has 2 aromatic carbocycles. The number of carbonyl (C=O) groups excluding carboxylic acids is 1. The molecule has 0 atom stereocenters. The molecule has 1 fully saturated rings. The molecular weight excluding hydrogens is 458 g/mol. The van der Waals surface area contributed by atoms with Gasteiger partial charge >= 0.3 is 0 Å². The van der Waals surface area contributed by atoms with Crippen molar-refractivity contribution in [2.75, 3.05) is 0 Å². The Bertz CT molecular complexity index is 1690. The smallest absolute Gasteiger partial charge is 0.193 e. The lowest BCUT2D eigenvalue weighted by Crippen LogP contribution is -2.19. The molecule has 0 radical (unpaired) electrons. The van der Waals surface area contributed by atoms with Crippen molar-refractivity contribution < 1.29 is 4.79 Å². The van der Waals surface area contributed by atoms with Gasteiger partial charge in [-0.2, -0.15) is 5.26 Å². The van der Waals surface area contributed by atoms with Crippen LogP contribution in [0.15, 0.2) is 67.0 Å². The number of pyridine rings is 1. The first-order chi connectivity index (χ1) is 18.2. The first kappa shape index (κ1) is 22.8. The Morgan fingerprint density at radius 3 is 2.41 bits per heavy atom. The molecule has 0 spiro atoms. The molecule has 0 aliphatic heterocycles. The summed E-state index contributed by atoms with van der Waals surface area (Å²) in [6, 6.07) is 19.5. The minimum Gasteiger partial charge on any atom is -0.346 e. The second-order valence-corrected chi connectivity index (χ2v) is 9.70. The molecule has 180 valence electrons. The van der Waals surface area contributed by atoms with E-state index in [1.807, 2.05) is 36.7 Å². The highest BCUT2D eigenvalue weighted by atomic mass is 16.1. The SMILES string of the molecule is C#Cc1ccc(C(=O)c2ccc(-c3nc4cnc5[nH]ccc5c4n3C3CCC(CC#N)CC3)cc2)cc1. The van der Waals surface area contributed by atoms with E-state index in [4.69, 9.17) is 16.7 Å². The molecule has 3 aromatic heterocycles. The molecule has 1 saturated carbocycles. The molecule has 0 unspecified atom stereocenters. The van der Waals surface area contributed by atoms with Gasteiger partial charge in [0, 0.05) is 46.3 Å². The van der Waals surface area contributed by atoms with Gasteiger partial charge in [0.05, 0.1) is 17.8 Å². The Morgan fingerprint density at radius 1 is 1.03 bits per heavy atom. The molecule has 5 aromatic rings. The van der Waals surface area contributed by atoms with Crippen molar-refractivity contribution in [3.05, 3.63) is 83.7 Å². The number of hydrogen-bond donors (Lipinski definition) is 1. The summed E-state index contributed by atoms with van der Waals surface area (Å²) < 4.78 is 2.37. The number of terminal acetylenes is 1. The first-order valence-electron chi connectivity index (χ1n) is 12.6. The molecule has 0 bridgehead atoms.